The highest BCUT2D eigenvalue weighted by atomic mass is 19.4. The van der Waals surface area contributed by atoms with Crippen molar-refractivity contribution in [1.82, 2.24) is 0 Å². The second-order valence-electron chi connectivity index (χ2n) is 3.87. The van der Waals surface area contributed by atoms with Crippen molar-refractivity contribution < 1.29 is 22.0 Å². The van der Waals surface area contributed by atoms with Gasteiger partial charge in [-0.2, -0.15) is 13.2 Å². The van der Waals surface area contributed by atoms with E-state index in [9.17, 15) is 22.0 Å². The van der Waals surface area contributed by atoms with Crippen LogP contribution in [0, 0.1) is 0 Å². The number of hydrogen-bond donors (Lipinski definition) is 0. The summed E-state index contributed by atoms with van der Waals surface area (Å²) in [5.41, 5.74) is -4.05. The molecule has 0 fully saturated rings. The van der Waals surface area contributed by atoms with Crippen LogP contribution in [0.25, 0.3) is 0 Å². The number of hydrogen-bond acceptors (Lipinski definition) is 1. The van der Waals surface area contributed by atoms with Crippen molar-refractivity contribution in [3.8, 4) is 0 Å². The van der Waals surface area contributed by atoms with Gasteiger partial charge in [-0.1, -0.05) is 12.1 Å². The predicted octanol–water partition coefficient (Wildman–Crippen LogP) is 3.45. The molecule has 1 unspecified atom stereocenters. The van der Waals surface area contributed by atoms with Crippen LogP contribution in [0.4, 0.5) is 27.6 Å². The summed E-state index contributed by atoms with van der Waals surface area (Å²) in [7, 11) is 3.38. The molecule has 1 aromatic carbocycles. The van der Waals surface area contributed by atoms with Crippen LogP contribution in [-0.4, -0.2) is 26.9 Å². The Hall–Kier alpha value is -1.33. The fraction of sp³-hybridized carbons (Fsp3) is 0.455. The lowest BCUT2D eigenvalue weighted by Gasteiger charge is -2.25. The monoisotopic (exact) mass is 253 g/mol. The van der Waals surface area contributed by atoms with Crippen molar-refractivity contribution >= 4 is 5.69 Å². The molecule has 0 saturated carbocycles. The van der Waals surface area contributed by atoms with Crippen molar-refractivity contribution in [2.75, 3.05) is 25.7 Å². The van der Waals surface area contributed by atoms with E-state index in [4.69, 9.17) is 0 Å². The number of anilines is 1. The van der Waals surface area contributed by atoms with E-state index in [1.807, 2.05) is 0 Å². The van der Waals surface area contributed by atoms with Gasteiger partial charge in [0.1, 0.15) is 6.67 Å². The van der Waals surface area contributed by atoms with Crippen LogP contribution in [0.2, 0.25) is 0 Å². The molecule has 0 aliphatic heterocycles. The molecule has 17 heavy (non-hydrogen) atoms. The van der Waals surface area contributed by atoms with Gasteiger partial charge < -0.3 is 4.90 Å². The Bertz CT molecular complexity index is 370. The van der Waals surface area contributed by atoms with E-state index in [-0.39, 0.29) is 0 Å². The van der Waals surface area contributed by atoms with E-state index in [0.717, 1.165) is 12.1 Å². The minimum absolute atomic E-state index is 0.608. The molecular formula is C11H12F5N. The average molecular weight is 253 g/mol. The molecule has 0 saturated heterocycles. The van der Waals surface area contributed by atoms with E-state index in [0.29, 0.717) is 5.69 Å². The van der Waals surface area contributed by atoms with Gasteiger partial charge in [0.2, 0.25) is 0 Å². The molecule has 1 aromatic rings. The predicted molar refractivity (Wildman–Crippen MR) is 55.6 cm³/mol. The smallest absolute Gasteiger partial charge is 0.378 e. The third-order valence-corrected chi connectivity index (χ3v) is 2.47. The minimum Gasteiger partial charge on any atom is -0.378 e. The summed E-state index contributed by atoms with van der Waals surface area (Å²) in [6.07, 6.45) is -5.26. The normalized spacial score (nSPS) is 15.5. The van der Waals surface area contributed by atoms with Crippen molar-refractivity contribution in [3.63, 3.8) is 0 Å². The molecule has 1 rings (SSSR count). The highest BCUT2D eigenvalue weighted by Gasteiger charge is 2.57. The van der Waals surface area contributed by atoms with E-state index < -0.39 is 24.1 Å². The zero-order valence-corrected chi connectivity index (χ0v) is 9.35. The Labute approximate surface area is 95.8 Å². The van der Waals surface area contributed by atoms with Crippen molar-refractivity contribution in [2.24, 2.45) is 0 Å². The van der Waals surface area contributed by atoms with Crippen LogP contribution >= 0.6 is 0 Å². The standard InChI is InChI=1S/C11H12F5N/c1-17(2)9-5-3-8(4-6-9)10(13,7-12)11(14,15)16/h3-6H,7H2,1-2H3. The Morgan fingerprint density at radius 2 is 1.47 bits per heavy atom. The lowest BCUT2D eigenvalue weighted by atomic mass is 9.96. The maximum absolute atomic E-state index is 13.6. The van der Waals surface area contributed by atoms with E-state index >= 15 is 0 Å². The second kappa shape index (κ2) is 4.50. The molecule has 0 spiro atoms. The van der Waals surface area contributed by atoms with Gasteiger partial charge in [0, 0.05) is 25.3 Å². The Kier molecular flexibility index (Phi) is 3.64. The zero-order valence-electron chi connectivity index (χ0n) is 9.35. The van der Waals surface area contributed by atoms with E-state index in [2.05, 4.69) is 0 Å². The number of nitrogens with zero attached hydrogens (tertiary/aromatic N) is 1. The van der Waals surface area contributed by atoms with Gasteiger partial charge in [-0.3, -0.25) is 0 Å². The Balaban J connectivity index is 3.14. The first kappa shape index (κ1) is 13.7. The molecule has 0 N–H and O–H groups in total. The summed E-state index contributed by atoms with van der Waals surface area (Å²) in [6.45, 7) is -2.13. The maximum atomic E-state index is 13.6. The number of rotatable bonds is 3. The van der Waals surface area contributed by atoms with Crippen LogP contribution in [0.5, 0.6) is 0 Å². The quantitative estimate of drug-likeness (QED) is 0.746. The number of alkyl halides is 5. The van der Waals surface area contributed by atoms with Gasteiger partial charge in [0.25, 0.3) is 5.67 Å². The fourth-order valence-electron chi connectivity index (χ4n) is 1.34. The molecule has 0 aromatic heterocycles. The average Bonchev–Trinajstić information content (AvgIpc) is 2.26. The van der Waals surface area contributed by atoms with Crippen LogP contribution in [0.1, 0.15) is 5.56 Å². The van der Waals surface area contributed by atoms with Crippen LogP contribution in [-0.2, 0) is 5.67 Å². The molecule has 1 atom stereocenters. The van der Waals surface area contributed by atoms with Crippen molar-refractivity contribution in [1.29, 1.82) is 0 Å². The summed E-state index contributed by atoms with van der Waals surface area (Å²) in [5.74, 6) is 0. The van der Waals surface area contributed by atoms with Gasteiger partial charge in [0.15, 0.2) is 0 Å². The molecule has 0 aliphatic rings. The first-order chi connectivity index (χ1) is 7.72. The Morgan fingerprint density at radius 3 is 1.76 bits per heavy atom. The molecule has 6 heteroatoms. The number of benzene rings is 1. The zero-order chi connectivity index (χ0) is 13.3. The lowest BCUT2D eigenvalue weighted by Crippen LogP contribution is -2.40. The van der Waals surface area contributed by atoms with Crippen molar-refractivity contribution in [2.45, 2.75) is 11.8 Å². The molecule has 0 aliphatic carbocycles. The summed E-state index contributed by atoms with van der Waals surface area (Å²) in [4.78, 5) is 1.65. The SMILES string of the molecule is CN(C)c1ccc(C(F)(CF)C(F)(F)F)cc1. The summed E-state index contributed by atoms with van der Waals surface area (Å²) < 4.78 is 63.2. The Morgan fingerprint density at radius 1 is 1.00 bits per heavy atom. The molecule has 0 bridgehead atoms. The molecular weight excluding hydrogens is 241 g/mol. The second-order valence-corrected chi connectivity index (χ2v) is 3.87. The molecule has 0 amide bonds. The van der Waals surface area contributed by atoms with Crippen molar-refractivity contribution in [3.05, 3.63) is 29.8 Å². The first-order valence-corrected chi connectivity index (χ1v) is 4.82. The summed E-state index contributed by atoms with van der Waals surface area (Å²) in [6, 6.07) is 4.51. The third-order valence-electron chi connectivity index (χ3n) is 2.47. The van der Waals surface area contributed by atoms with Gasteiger partial charge in [0.05, 0.1) is 0 Å². The third kappa shape index (κ3) is 2.50. The maximum Gasteiger partial charge on any atom is 0.429 e. The van der Waals surface area contributed by atoms with Gasteiger partial charge >= 0.3 is 6.18 Å². The summed E-state index contributed by atoms with van der Waals surface area (Å²) in [5, 5.41) is 0. The highest BCUT2D eigenvalue weighted by molar-refractivity contribution is 5.47. The van der Waals surface area contributed by atoms with E-state index in [1.165, 1.54) is 12.1 Å². The highest BCUT2D eigenvalue weighted by Crippen LogP contribution is 2.43. The molecule has 96 valence electrons. The van der Waals surface area contributed by atoms with Gasteiger partial charge in [-0.25, -0.2) is 8.78 Å². The molecule has 0 radical (unpaired) electrons. The topological polar surface area (TPSA) is 3.24 Å². The fourth-order valence-corrected chi connectivity index (χ4v) is 1.34. The number of halogens is 5. The van der Waals surface area contributed by atoms with Crippen LogP contribution in [0.3, 0.4) is 0 Å². The lowest BCUT2D eigenvalue weighted by molar-refractivity contribution is -0.240. The van der Waals surface area contributed by atoms with Gasteiger partial charge in [-0.15, -0.1) is 0 Å². The van der Waals surface area contributed by atoms with Gasteiger partial charge in [-0.05, 0) is 12.1 Å². The summed E-state index contributed by atoms with van der Waals surface area (Å²) >= 11 is 0. The largest absolute Gasteiger partial charge is 0.429 e. The minimum atomic E-state index is -5.26. The van der Waals surface area contributed by atoms with E-state index in [1.54, 1.807) is 19.0 Å². The first-order valence-electron chi connectivity index (χ1n) is 4.82. The molecule has 1 nitrogen and oxygen atoms in total. The molecule has 0 heterocycles. The van der Waals surface area contributed by atoms with Crippen LogP contribution in [0.15, 0.2) is 24.3 Å². The van der Waals surface area contributed by atoms with Crippen LogP contribution < -0.4 is 4.90 Å².